The molecule has 0 bridgehead atoms. The average Bonchev–Trinajstić information content (AvgIpc) is 2.76. The Morgan fingerprint density at radius 1 is 0.944 bits per heavy atom. The van der Waals surface area contributed by atoms with E-state index in [0.29, 0.717) is 5.56 Å². The summed E-state index contributed by atoms with van der Waals surface area (Å²) in [5.41, 5.74) is -2.23. The van der Waals surface area contributed by atoms with Gasteiger partial charge in [0, 0.05) is 22.8 Å². The van der Waals surface area contributed by atoms with Crippen LogP contribution in [-0.4, -0.2) is 43.4 Å². The first-order valence-corrected chi connectivity index (χ1v) is 11.9. The molecule has 3 aliphatic carbocycles. The van der Waals surface area contributed by atoms with Crippen LogP contribution in [0.2, 0.25) is 0 Å². The zero-order chi connectivity index (χ0) is 26.4. The fourth-order valence-electron chi connectivity index (χ4n) is 6.66. The summed E-state index contributed by atoms with van der Waals surface area (Å²) >= 11 is 0. The number of phenols is 1. The number of phenolic OH excluding ortho intramolecular Hbond substituents is 1. The molecular formula is C29H28O7. The van der Waals surface area contributed by atoms with Gasteiger partial charge in [0.15, 0.2) is 17.2 Å². The number of hydrogen-bond donors (Lipinski definition) is 4. The van der Waals surface area contributed by atoms with Crippen molar-refractivity contribution in [2.45, 2.75) is 52.6 Å². The Labute approximate surface area is 208 Å². The Balaban J connectivity index is 1.78. The molecular weight excluding hydrogens is 460 g/mol. The maximum Gasteiger partial charge on any atom is 0.203 e. The lowest BCUT2D eigenvalue weighted by Gasteiger charge is -2.56. The highest BCUT2D eigenvalue weighted by atomic mass is 16.3. The number of benzene rings is 2. The van der Waals surface area contributed by atoms with Crippen LogP contribution in [0.5, 0.6) is 5.75 Å². The first-order chi connectivity index (χ1) is 16.7. The molecule has 0 amide bonds. The lowest BCUT2D eigenvalue weighted by atomic mass is 9.47. The third-order valence-electron chi connectivity index (χ3n) is 8.27. The normalized spacial score (nSPS) is 29.6. The minimum Gasteiger partial charge on any atom is -0.508 e. The van der Waals surface area contributed by atoms with Crippen molar-refractivity contribution in [3.8, 4) is 16.9 Å². The minimum atomic E-state index is -2.56. The van der Waals surface area contributed by atoms with Gasteiger partial charge in [-0.1, -0.05) is 49.7 Å². The van der Waals surface area contributed by atoms with Crippen molar-refractivity contribution in [2.75, 3.05) is 0 Å². The van der Waals surface area contributed by atoms with Crippen LogP contribution in [0.1, 0.15) is 50.3 Å². The number of aliphatic hydroxyl groups is 3. The molecule has 0 spiro atoms. The molecule has 0 aliphatic heterocycles. The molecule has 0 saturated heterocycles. The molecule has 7 heteroatoms. The van der Waals surface area contributed by atoms with Crippen molar-refractivity contribution in [2.24, 2.45) is 10.8 Å². The van der Waals surface area contributed by atoms with Crippen LogP contribution in [-0.2, 0) is 20.8 Å². The maximum atomic E-state index is 14.0. The van der Waals surface area contributed by atoms with Crippen LogP contribution in [0.3, 0.4) is 0 Å². The van der Waals surface area contributed by atoms with Gasteiger partial charge in [0.05, 0.1) is 5.56 Å². The number of aryl methyl sites for hydroxylation is 1. The van der Waals surface area contributed by atoms with E-state index in [4.69, 9.17) is 0 Å². The summed E-state index contributed by atoms with van der Waals surface area (Å²) in [6.07, 6.45) is 0.00952. The number of hydrogen-bond acceptors (Lipinski definition) is 7. The number of rotatable bonds is 2. The minimum absolute atomic E-state index is 0.0745. The van der Waals surface area contributed by atoms with Gasteiger partial charge in [-0.2, -0.15) is 0 Å². The number of Topliss-reactive ketones (excluding diaryl/α,β-unsaturated/α-hetero) is 3. The summed E-state index contributed by atoms with van der Waals surface area (Å²) < 4.78 is 0. The quantitative estimate of drug-likeness (QED) is 0.464. The fraction of sp³-hybridized carbons (Fsp3) is 0.345. The number of carbonyl (C=O) groups excluding carboxylic acids is 3. The predicted octanol–water partition coefficient (Wildman–Crippen LogP) is 4.28. The van der Waals surface area contributed by atoms with Crippen molar-refractivity contribution in [3.05, 3.63) is 70.0 Å². The average molecular weight is 489 g/mol. The second-order valence-corrected chi connectivity index (χ2v) is 11.0. The SMILES string of the molecule is CC(=O)C1=C(O)[C@]2(O)C(=O)C3=C(O)c4c(O)ccc(-c5ccc(C)cc5)c4C[C@]3(C)C[C@]2(C)CC1=O. The number of carbonyl (C=O) groups is 3. The van der Waals surface area contributed by atoms with E-state index in [1.165, 1.54) is 6.07 Å². The first-order valence-electron chi connectivity index (χ1n) is 11.9. The van der Waals surface area contributed by atoms with Crippen LogP contribution in [0.4, 0.5) is 0 Å². The third kappa shape index (κ3) is 2.92. The Morgan fingerprint density at radius 2 is 1.58 bits per heavy atom. The summed E-state index contributed by atoms with van der Waals surface area (Å²) in [5.74, 6) is -4.00. The van der Waals surface area contributed by atoms with Gasteiger partial charge in [-0.15, -0.1) is 0 Å². The van der Waals surface area contributed by atoms with Crippen molar-refractivity contribution >= 4 is 23.1 Å². The van der Waals surface area contributed by atoms with E-state index in [1.54, 1.807) is 19.9 Å². The first kappa shape index (κ1) is 24.0. The van der Waals surface area contributed by atoms with E-state index in [2.05, 4.69) is 0 Å². The molecule has 3 aliphatic rings. The molecule has 0 radical (unpaired) electrons. The molecule has 2 aromatic carbocycles. The number of aromatic hydroxyl groups is 1. The second-order valence-electron chi connectivity index (χ2n) is 11.0. The van der Waals surface area contributed by atoms with Gasteiger partial charge >= 0.3 is 0 Å². The van der Waals surface area contributed by atoms with Crippen molar-refractivity contribution in [3.63, 3.8) is 0 Å². The largest absolute Gasteiger partial charge is 0.508 e. The monoisotopic (exact) mass is 488 g/mol. The van der Waals surface area contributed by atoms with Gasteiger partial charge in [0.25, 0.3) is 0 Å². The van der Waals surface area contributed by atoms with E-state index >= 15 is 0 Å². The molecule has 36 heavy (non-hydrogen) atoms. The van der Waals surface area contributed by atoms with Crippen LogP contribution in [0.25, 0.3) is 16.9 Å². The second kappa shape index (κ2) is 7.40. The standard InChI is InChI=1S/C29H28O7/c1-14-5-7-16(8-6-14)17-9-10-19(31)22-18(17)11-27(3)13-28(4)12-20(32)21(15(2)30)25(34)29(28,36)26(35)23(27)24(22)33/h5-10,31,33-34,36H,11-13H2,1-4H3/t27-,28+,29+/m1/s1. The Morgan fingerprint density at radius 3 is 2.19 bits per heavy atom. The van der Waals surface area contributed by atoms with E-state index in [9.17, 15) is 34.8 Å². The van der Waals surface area contributed by atoms with Crippen LogP contribution >= 0.6 is 0 Å². The van der Waals surface area contributed by atoms with Crippen molar-refractivity contribution in [1.29, 1.82) is 0 Å². The molecule has 186 valence electrons. The summed E-state index contributed by atoms with van der Waals surface area (Å²) in [5, 5.41) is 44.8. The van der Waals surface area contributed by atoms with Gasteiger partial charge in [-0.25, -0.2) is 0 Å². The van der Waals surface area contributed by atoms with Gasteiger partial charge < -0.3 is 20.4 Å². The summed E-state index contributed by atoms with van der Waals surface area (Å²) in [7, 11) is 0. The molecule has 0 aromatic heterocycles. The molecule has 1 fully saturated rings. The summed E-state index contributed by atoms with van der Waals surface area (Å²) in [6.45, 7) is 6.39. The number of allylic oxidation sites excluding steroid dienone is 1. The Bertz CT molecular complexity index is 1440. The molecule has 1 saturated carbocycles. The lowest BCUT2D eigenvalue weighted by Crippen LogP contribution is -2.65. The highest BCUT2D eigenvalue weighted by Gasteiger charge is 2.68. The van der Waals surface area contributed by atoms with Crippen LogP contribution in [0.15, 0.2) is 53.3 Å². The summed E-state index contributed by atoms with van der Waals surface area (Å²) in [6, 6.07) is 11.0. The highest BCUT2D eigenvalue weighted by molar-refractivity contribution is 6.23. The van der Waals surface area contributed by atoms with Crippen molar-refractivity contribution < 1.29 is 34.8 Å². The Kier molecular flexibility index (Phi) is 4.93. The van der Waals surface area contributed by atoms with Crippen molar-refractivity contribution in [1.82, 2.24) is 0 Å². The number of aliphatic hydroxyl groups excluding tert-OH is 2. The van der Waals surface area contributed by atoms with E-state index in [-0.39, 0.29) is 36.1 Å². The Hall–Kier alpha value is -3.71. The maximum absolute atomic E-state index is 14.0. The van der Waals surface area contributed by atoms with E-state index in [1.807, 2.05) is 31.2 Å². The van der Waals surface area contributed by atoms with Crippen LogP contribution < -0.4 is 0 Å². The topological polar surface area (TPSA) is 132 Å². The van der Waals surface area contributed by atoms with Crippen LogP contribution in [0, 0.1) is 17.8 Å². The predicted molar refractivity (Wildman–Crippen MR) is 132 cm³/mol. The van der Waals surface area contributed by atoms with E-state index in [0.717, 1.165) is 23.6 Å². The lowest BCUT2D eigenvalue weighted by molar-refractivity contribution is -0.164. The molecule has 4 N–H and O–H groups in total. The molecule has 2 aromatic rings. The van der Waals surface area contributed by atoms with Gasteiger partial charge in [0.1, 0.15) is 22.8 Å². The molecule has 5 rings (SSSR count). The molecule has 3 atom stereocenters. The van der Waals surface area contributed by atoms with Gasteiger partial charge in [0.2, 0.25) is 5.78 Å². The summed E-state index contributed by atoms with van der Waals surface area (Å²) in [4.78, 5) is 38.9. The zero-order valence-electron chi connectivity index (χ0n) is 20.6. The zero-order valence-corrected chi connectivity index (χ0v) is 20.6. The highest BCUT2D eigenvalue weighted by Crippen LogP contribution is 2.62. The molecule has 7 nitrogen and oxygen atoms in total. The number of ketones is 3. The third-order valence-corrected chi connectivity index (χ3v) is 8.27. The smallest absolute Gasteiger partial charge is 0.203 e. The molecule has 0 heterocycles. The number of fused-ring (bicyclic) bond motifs is 3. The van der Waals surface area contributed by atoms with Gasteiger partial charge in [-0.3, -0.25) is 14.4 Å². The van der Waals surface area contributed by atoms with Gasteiger partial charge in [-0.05, 0) is 49.4 Å². The molecule has 0 unspecified atom stereocenters. The van der Waals surface area contributed by atoms with E-state index < -0.39 is 50.9 Å². The fourth-order valence-corrected chi connectivity index (χ4v) is 6.66.